The summed E-state index contributed by atoms with van der Waals surface area (Å²) in [6, 6.07) is 6.30. The summed E-state index contributed by atoms with van der Waals surface area (Å²) in [5, 5.41) is 1.32. The number of nitrogens with zero attached hydrogens (tertiary/aromatic N) is 1. The summed E-state index contributed by atoms with van der Waals surface area (Å²) in [6.07, 6.45) is 5.54. The first-order chi connectivity index (χ1) is 11.8. The number of ether oxygens (including phenoxy) is 1. The van der Waals surface area contributed by atoms with Crippen molar-refractivity contribution in [1.82, 2.24) is 0 Å². The third-order valence-electron chi connectivity index (χ3n) is 3.35. The van der Waals surface area contributed by atoms with E-state index < -0.39 is 10.4 Å². The fraction of sp³-hybridized carbons (Fsp3) is 0.438. The van der Waals surface area contributed by atoms with Crippen molar-refractivity contribution in [2.24, 2.45) is 0 Å². The molecule has 0 atom stereocenters. The molecule has 0 aliphatic carbocycles. The summed E-state index contributed by atoms with van der Waals surface area (Å²) in [5.41, 5.74) is 1.26. The average Bonchev–Trinajstić information content (AvgIpc) is 2.95. The summed E-state index contributed by atoms with van der Waals surface area (Å²) in [4.78, 5) is 1.42. The fourth-order valence-corrected chi connectivity index (χ4v) is 3.85. The summed E-state index contributed by atoms with van der Waals surface area (Å²) in [5.74, 6) is 0.920. The number of rotatable bonds is 6. The van der Waals surface area contributed by atoms with Gasteiger partial charge in [-0.05, 0) is 36.6 Å². The highest BCUT2D eigenvalue weighted by molar-refractivity contribution is 8.02. The van der Waals surface area contributed by atoms with Gasteiger partial charge in [0.2, 0.25) is 15.9 Å². The molecule has 2 rings (SSSR count). The lowest BCUT2D eigenvalue weighted by molar-refractivity contribution is -0.665. The van der Waals surface area contributed by atoms with E-state index in [0.717, 1.165) is 25.8 Å². The average molecular weight is 406 g/mol. The molecule has 0 fully saturated rings. The maximum Gasteiger partial charge on any atom is 0.263 e. The predicted molar refractivity (Wildman–Crippen MR) is 103 cm³/mol. The molecule has 0 saturated heterocycles. The predicted octanol–water partition coefficient (Wildman–Crippen LogP) is 3.42. The number of thiazole rings is 1. The van der Waals surface area contributed by atoms with Gasteiger partial charge in [0.25, 0.3) is 5.01 Å². The van der Waals surface area contributed by atoms with Gasteiger partial charge in [0.1, 0.15) is 17.0 Å². The molecule has 1 aromatic carbocycles. The van der Waals surface area contributed by atoms with Crippen LogP contribution in [0.2, 0.25) is 0 Å². The Hall–Kier alpha value is -1.13. The van der Waals surface area contributed by atoms with Crippen molar-refractivity contribution in [3.63, 3.8) is 0 Å². The Morgan fingerprint density at radius 3 is 2.44 bits per heavy atom. The van der Waals surface area contributed by atoms with E-state index in [2.05, 4.69) is 47.1 Å². The molecule has 6 nitrogen and oxygen atoms in total. The van der Waals surface area contributed by atoms with Crippen molar-refractivity contribution in [2.45, 2.75) is 26.8 Å². The number of hydrogen-bond donors (Lipinski definition) is 0. The van der Waals surface area contributed by atoms with Crippen molar-refractivity contribution in [3.8, 4) is 5.75 Å². The molecule has 0 radical (unpaired) electrons. The van der Waals surface area contributed by atoms with Crippen LogP contribution in [0.15, 0.2) is 23.1 Å². The molecule has 0 aliphatic rings. The van der Waals surface area contributed by atoms with E-state index in [4.69, 9.17) is 4.74 Å². The molecule has 1 heterocycles. The van der Waals surface area contributed by atoms with Crippen molar-refractivity contribution >= 4 is 49.8 Å². The third-order valence-corrected chi connectivity index (χ3v) is 5.80. The molecule has 0 unspecified atom stereocenters. The van der Waals surface area contributed by atoms with E-state index >= 15 is 0 Å². The molecule has 9 heteroatoms. The molecule has 0 N–H and O–H groups in total. The highest BCUT2D eigenvalue weighted by Crippen LogP contribution is 2.28. The van der Waals surface area contributed by atoms with Crippen LogP contribution in [-0.4, -0.2) is 33.4 Å². The second-order valence-corrected chi connectivity index (χ2v) is 7.91. The summed E-state index contributed by atoms with van der Waals surface area (Å²) < 4.78 is 40.0. The van der Waals surface area contributed by atoms with Gasteiger partial charge in [-0.15, -0.1) is 11.8 Å². The molecule has 140 valence electrons. The Labute approximate surface area is 157 Å². The van der Waals surface area contributed by atoms with Gasteiger partial charge in [-0.1, -0.05) is 18.3 Å². The zero-order valence-electron chi connectivity index (χ0n) is 14.9. The second kappa shape index (κ2) is 10.1. The quantitative estimate of drug-likeness (QED) is 0.416. The van der Waals surface area contributed by atoms with E-state index in [-0.39, 0.29) is 0 Å². The van der Waals surface area contributed by atoms with Gasteiger partial charge in [0.05, 0.1) is 20.3 Å². The van der Waals surface area contributed by atoms with E-state index in [1.165, 1.54) is 20.1 Å². The van der Waals surface area contributed by atoms with Crippen molar-refractivity contribution in [1.29, 1.82) is 0 Å². The maximum absolute atomic E-state index is 9.22. The van der Waals surface area contributed by atoms with Crippen LogP contribution >= 0.6 is 23.1 Å². The summed E-state index contributed by atoms with van der Waals surface area (Å²) in [7, 11) is -1.89. The molecule has 0 bridgehead atoms. The van der Waals surface area contributed by atoms with Crippen LogP contribution in [0, 0.1) is 0 Å². The van der Waals surface area contributed by atoms with Crippen molar-refractivity contribution in [3.05, 3.63) is 28.1 Å². The number of aryl methyl sites for hydroxylation is 1. The number of allylic oxidation sites excluding steroid dienone is 1. The molecule has 2 aromatic rings. The molecule has 1 aromatic heterocycles. The number of aromatic nitrogens is 1. The van der Waals surface area contributed by atoms with Crippen molar-refractivity contribution < 1.29 is 26.5 Å². The molecule has 0 aliphatic heterocycles. The first-order valence-corrected chi connectivity index (χ1v) is 10.9. The molecule has 25 heavy (non-hydrogen) atoms. The summed E-state index contributed by atoms with van der Waals surface area (Å²) in [6.45, 7) is 5.37. The zero-order valence-corrected chi connectivity index (χ0v) is 17.4. The van der Waals surface area contributed by atoms with E-state index in [1.54, 1.807) is 7.11 Å². The van der Waals surface area contributed by atoms with Gasteiger partial charge in [-0.25, -0.2) is 8.42 Å². The number of benzene rings is 1. The first-order valence-electron chi connectivity index (χ1n) is 7.55. The Bertz CT molecular complexity index is 822. The highest BCUT2D eigenvalue weighted by Gasteiger charge is 2.18. The second-order valence-electron chi connectivity index (χ2n) is 4.76. The Morgan fingerprint density at radius 1 is 1.36 bits per heavy atom. The molecular formula is C16H23NO5S3. The van der Waals surface area contributed by atoms with Gasteiger partial charge in [0, 0.05) is 6.08 Å². The summed E-state index contributed by atoms with van der Waals surface area (Å²) >= 11 is 3.68. The normalized spacial score (nSPS) is 12.0. The highest BCUT2D eigenvalue weighted by atomic mass is 32.3. The lowest BCUT2D eigenvalue weighted by Crippen LogP contribution is -2.33. The van der Waals surface area contributed by atoms with Gasteiger partial charge in [-0.2, -0.15) is 4.57 Å². The van der Waals surface area contributed by atoms with Crippen LogP contribution in [0.4, 0.5) is 0 Å². The van der Waals surface area contributed by atoms with Crippen LogP contribution in [0.5, 0.6) is 5.75 Å². The first kappa shape index (κ1) is 21.9. The Balaban J connectivity index is 0.000000450. The number of fused-ring (bicyclic) bond motifs is 1. The largest absolute Gasteiger partial charge is 0.726 e. The van der Waals surface area contributed by atoms with Crippen LogP contribution < -0.4 is 9.30 Å². The van der Waals surface area contributed by atoms with E-state index in [1.807, 2.05) is 29.2 Å². The Morgan fingerprint density at radius 2 is 2.00 bits per heavy atom. The van der Waals surface area contributed by atoms with Crippen molar-refractivity contribution in [2.75, 3.05) is 20.5 Å². The van der Waals surface area contributed by atoms with Gasteiger partial charge in [0.15, 0.2) is 0 Å². The standard InChI is InChI=1S/C15H20NOS2.CH4O4S/c1-5-12(18-4)10-15-16(6-2)13-9-11(17-3)7-8-14(13)19-15;1-5-6(2,3)4/h7-10H,5-6H2,1-4H3;1H3,(H,2,3,4)/q+1;/p-1. The van der Waals surface area contributed by atoms with Gasteiger partial charge < -0.3 is 9.29 Å². The molecule has 0 saturated carbocycles. The lowest BCUT2D eigenvalue weighted by atomic mass is 10.3. The minimum atomic E-state index is -4.41. The minimum Gasteiger partial charge on any atom is -0.726 e. The van der Waals surface area contributed by atoms with Crippen LogP contribution in [-0.2, 0) is 21.1 Å². The zero-order chi connectivity index (χ0) is 19.0. The van der Waals surface area contributed by atoms with Gasteiger partial charge in [-0.3, -0.25) is 4.18 Å². The van der Waals surface area contributed by atoms with E-state index in [9.17, 15) is 13.0 Å². The molecule has 0 amide bonds. The third kappa shape index (κ3) is 6.59. The lowest BCUT2D eigenvalue weighted by Gasteiger charge is -1.98. The van der Waals surface area contributed by atoms with Crippen LogP contribution in [0.1, 0.15) is 25.3 Å². The monoisotopic (exact) mass is 405 g/mol. The Kier molecular flexibility index (Phi) is 8.87. The topological polar surface area (TPSA) is 79.5 Å². The molecular weight excluding hydrogens is 382 g/mol. The maximum atomic E-state index is 9.22. The van der Waals surface area contributed by atoms with E-state index in [0.29, 0.717) is 0 Å². The minimum absolute atomic E-state index is 0.808. The van der Waals surface area contributed by atoms with Crippen LogP contribution in [0.3, 0.4) is 0 Å². The smallest absolute Gasteiger partial charge is 0.263 e. The fourth-order valence-electron chi connectivity index (χ4n) is 2.08. The number of thioether (sulfide) groups is 1. The molecule has 0 spiro atoms. The number of methoxy groups -OCH3 is 1. The van der Waals surface area contributed by atoms with Crippen LogP contribution in [0.25, 0.3) is 16.3 Å². The number of hydrogen-bond acceptors (Lipinski definition) is 7. The van der Waals surface area contributed by atoms with Gasteiger partial charge >= 0.3 is 0 Å². The SMILES string of the molecule is CCC(=Cc1sc2ccc(OC)cc2[n+]1CC)SC.COS(=O)(=O)[O-].